The van der Waals surface area contributed by atoms with Gasteiger partial charge < -0.3 is 4.52 Å². The molecule has 5 nitrogen and oxygen atoms in total. The number of sulfonamides is 1. The van der Waals surface area contributed by atoms with E-state index >= 15 is 0 Å². The maximum atomic E-state index is 12.5. The molecule has 1 aromatic heterocycles. The fraction of sp³-hybridized carbons (Fsp3) is 0.438. The Kier molecular flexibility index (Phi) is 5.03. The summed E-state index contributed by atoms with van der Waals surface area (Å²) in [6.07, 6.45) is 0.805. The summed E-state index contributed by atoms with van der Waals surface area (Å²) in [5.41, 5.74) is 2.17. The lowest BCUT2D eigenvalue weighted by Crippen LogP contribution is -2.26. The first-order valence-corrected chi connectivity index (χ1v) is 8.82. The average molecular weight is 322 g/mol. The highest BCUT2D eigenvalue weighted by molar-refractivity contribution is 7.89. The zero-order valence-corrected chi connectivity index (χ0v) is 14.2. The lowest BCUT2D eigenvalue weighted by molar-refractivity contribution is 0.427. The molecule has 1 N–H and O–H groups in total. The van der Waals surface area contributed by atoms with Crippen LogP contribution in [0.25, 0.3) is 11.3 Å². The van der Waals surface area contributed by atoms with Gasteiger partial charge in [-0.1, -0.05) is 31.1 Å². The Labute approximate surface area is 131 Å². The Balaban J connectivity index is 2.30. The minimum Gasteiger partial charge on any atom is -0.356 e. The first kappa shape index (κ1) is 16.7. The van der Waals surface area contributed by atoms with E-state index in [-0.39, 0.29) is 4.90 Å². The molecule has 1 aromatic carbocycles. The normalized spacial score (nSPS) is 12.0. The van der Waals surface area contributed by atoms with Crippen LogP contribution in [0.5, 0.6) is 0 Å². The van der Waals surface area contributed by atoms with Crippen molar-refractivity contribution in [3.8, 4) is 11.3 Å². The van der Waals surface area contributed by atoms with Crippen LogP contribution in [0.15, 0.2) is 33.7 Å². The fourth-order valence-corrected chi connectivity index (χ4v) is 3.42. The first-order valence-electron chi connectivity index (χ1n) is 7.33. The zero-order chi connectivity index (χ0) is 16.3. The number of benzene rings is 1. The number of hydrogen-bond donors (Lipinski definition) is 1. The summed E-state index contributed by atoms with van der Waals surface area (Å²) in [5, 5.41) is 3.84. The van der Waals surface area contributed by atoms with Crippen LogP contribution < -0.4 is 4.72 Å². The summed E-state index contributed by atoms with van der Waals surface area (Å²) >= 11 is 0. The van der Waals surface area contributed by atoms with Gasteiger partial charge in [0, 0.05) is 18.2 Å². The minimum absolute atomic E-state index is 0.280. The number of hydrogen-bond acceptors (Lipinski definition) is 4. The van der Waals surface area contributed by atoms with E-state index in [1.165, 1.54) is 0 Å². The van der Waals surface area contributed by atoms with E-state index < -0.39 is 10.0 Å². The topological polar surface area (TPSA) is 72.2 Å². The zero-order valence-electron chi connectivity index (χ0n) is 13.4. The molecule has 0 saturated carbocycles. The lowest BCUT2D eigenvalue weighted by atomic mass is 10.1. The van der Waals surface area contributed by atoms with Crippen molar-refractivity contribution in [1.29, 1.82) is 0 Å². The SMILES string of the molecule is Cc1cc(-c2ccc(C)c(S(=O)(=O)NCCC(C)C)c2)on1. The largest absolute Gasteiger partial charge is 0.356 e. The van der Waals surface area contributed by atoms with Crippen LogP contribution in [0.2, 0.25) is 0 Å². The van der Waals surface area contributed by atoms with Crippen molar-refractivity contribution in [2.24, 2.45) is 5.92 Å². The third kappa shape index (κ3) is 3.96. The van der Waals surface area contributed by atoms with Gasteiger partial charge >= 0.3 is 0 Å². The molecule has 6 heteroatoms. The maximum Gasteiger partial charge on any atom is 0.240 e. The summed E-state index contributed by atoms with van der Waals surface area (Å²) in [5.74, 6) is 1.02. The van der Waals surface area contributed by atoms with Crippen molar-refractivity contribution in [1.82, 2.24) is 9.88 Å². The predicted octanol–water partition coefficient (Wildman–Crippen LogP) is 3.28. The van der Waals surface area contributed by atoms with Gasteiger partial charge in [-0.2, -0.15) is 0 Å². The van der Waals surface area contributed by atoms with Crippen LogP contribution in [0.3, 0.4) is 0 Å². The molecule has 0 atom stereocenters. The highest BCUT2D eigenvalue weighted by Gasteiger charge is 2.18. The van der Waals surface area contributed by atoms with Gasteiger partial charge in [-0.3, -0.25) is 0 Å². The van der Waals surface area contributed by atoms with Gasteiger partial charge in [-0.05, 0) is 37.8 Å². The Morgan fingerprint density at radius 1 is 1.23 bits per heavy atom. The molecule has 0 saturated heterocycles. The second kappa shape index (κ2) is 6.62. The van der Waals surface area contributed by atoms with Gasteiger partial charge in [0.05, 0.1) is 10.6 Å². The van der Waals surface area contributed by atoms with E-state index in [1.807, 2.05) is 13.0 Å². The molecule has 0 aliphatic rings. The van der Waals surface area contributed by atoms with Crippen LogP contribution >= 0.6 is 0 Å². The smallest absolute Gasteiger partial charge is 0.240 e. The monoisotopic (exact) mass is 322 g/mol. The van der Waals surface area contributed by atoms with Gasteiger partial charge in [0.25, 0.3) is 0 Å². The molecular formula is C16H22N2O3S. The molecule has 0 radical (unpaired) electrons. The number of aromatic nitrogens is 1. The summed E-state index contributed by atoms with van der Waals surface area (Å²) in [6, 6.07) is 7.03. The molecule has 0 bridgehead atoms. The Hall–Kier alpha value is -1.66. The highest BCUT2D eigenvalue weighted by Crippen LogP contribution is 2.25. The molecule has 0 amide bonds. The van der Waals surface area contributed by atoms with Crippen molar-refractivity contribution < 1.29 is 12.9 Å². The number of nitrogens with zero attached hydrogens (tertiary/aromatic N) is 1. The first-order chi connectivity index (χ1) is 10.3. The lowest BCUT2D eigenvalue weighted by Gasteiger charge is -2.11. The molecule has 2 rings (SSSR count). The van der Waals surface area contributed by atoms with Gasteiger partial charge in [0.2, 0.25) is 10.0 Å². The molecule has 22 heavy (non-hydrogen) atoms. The standard InChI is InChI=1S/C16H22N2O3S/c1-11(2)7-8-17-22(19,20)16-10-14(6-5-12(16)3)15-9-13(4)18-21-15/h5-6,9-11,17H,7-8H2,1-4H3. The molecule has 0 spiro atoms. The number of aryl methyl sites for hydroxylation is 2. The van der Waals surface area contributed by atoms with E-state index in [2.05, 4.69) is 23.7 Å². The van der Waals surface area contributed by atoms with E-state index in [1.54, 1.807) is 25.1 Å². The molecule has 120 valence electrons. The predicted molar refractivity (Wildman–Crippen MR) is 86.1 cm³/mol. The van der Waals surface area contributed by atoms with Crippen LogP contribution in [0, 0.1) is 19.8 Å². The van der Waals surface area contributed by atoms with Gasteiger partial charge in [0.15, 0.2) is 5.76 Å². The summed E-state index contributed by atoms with van der Waals surface area (Å²) in [7, 11) is -3.52. The quantitative estimate of drug-likeness (QED) is 0.886. The number of rotatable bonds is 6. The average Bonchev–Trinajstić information content (AvgIpc) is 2.85. The molecule has 0 aliphatic carbocycles. The summed E-state index contributed by atoms with van der Waals surface area (Å²) in [4.78, 5) is 0.280. The molecular weight excluding hydrogens is 300 g/mol. The fourth-order valence-electron chi connectivity index (χ4n) is 2.10. The van der Waals surface area contributed by atoms with Crippen LogP contribution in [-0.2, 0) is 10.0 Å². The third-order valence-electron chi connectivity index (χ3n) is 3.40. The van der Waals surface area contributed by atoms with Crippen molar-refractivity contribution in [3.63, 3.8) is 0 Å². The minimum atomic E-state index is -3.52. The molecule has 0 aliphatic heterocycles. The summed E-state index contributed by atoms with van der Waals surface area (Å²) in [6.45, 7) is 8.17. The van der Waals surface area contributed by atoms with E-state index in [9.17, 15) is 8.42 Å². The van der Waals surface area contributed by atoms with Gasteiger partial charge in [-0.25, -0.2) is 13.1 Å². The van der Waals surface area contributed by atoms with E-state index in [0.717, 1.165) is 12.1 Å². The molecule has 0 fully saturated rings. The van der Waals surface area contributed by atoms with Crippen molar-refractivity contribution in [2.45, 2.75) is 39.0 Å². The van der Waals surface area contributed by atoms with Crippen LogP contribution in [-0.4, -0.2) is 20.1 Å². The van der Waals surface area contributed by atoms with E-state index in [0.29, 0.717) is 29.3 Å². The summed E-state index contributed by atoms with van der Waals surface area (Å²) < 4.78 is 32.8. The van der Waals surface area contributed by atoms with Crippen molar-refractivity contribution in [2.75, 3.05) is 6.54 Å². The Morgan fingerprint density at radius 3 is 2.55 bits per heavy atom. The highest BCUT2D eigenvalue weighted by atomic mass is 32.2. The molecule has 0 unspecified atom stereocenters. The number of nitrogens with one attached hydrogen (secondary N) is 1. The third-order valence-corrected chi connectivity index (χ3v) is 5.01. The Bertz CT molecular complexity index is 749. The second-order valence-corrected chi connectivity index (χ2v) is 7.63. The molecule has 1 heterocycles. The van der Waals surface area contributed by atoms with Crippen molar-refractivity contribution in [3.05, 3.63) is 35.5 Å². The van der Waals surface area contributed by atoms with Crippen molar-refractivity contribution >= 4 is 10.0 Å². The van der Waals surface area contributed by atoms with Gasteiger partial charge in [-0.15, -0.1) is 0 Å². The van der Waals surface area contributed by atoms with Crippen LogP contribution in [0.4, 0.5) is 0 Å². The Morgan fingerprint density at radius 2 is 1.95 bits per heavy atom. The van der Waals surface area contributed by atoms with Gasteiger partial charge in [0.1, 0.15) is 0 Å². The van der Waals surface area contributed by atoms with Crippen LogP contribution in [0.1, 0.15) is 31.5 Å². The second-order valence-electron chi connectivity index (χ2n) is 5.89. The maximum absolute atomic E-state index is 12.5. The van der Waals surface area contributed by atoms with E-state index in [4.69, 9.17) is 4.52 Å². The molecule has 2 aromatic rings.